The van der Waals surface area contributed by atoms with Crippen LogP contribution in [0.2, 0.25) is 5.02 Å². The van der Waals surface area contributed by atoms with Crippen LogP contribution in [0.1, 0.15) is 18.1 Å². The molecule has 0 amide bonds. The molecule has 2 aromatic rings. The van der Waals surface area contributed by atoms with E-state index < -0.39 is 15.6 Å². The van der Waals surface area contributed by atoms with Crippen molar-refractivity contribution in [3.05, 3.63) is 64.7 Å². The lowest BCUT2D eigenvalue weighted by molar-refractivity contribution is 0.0657. The summed E-state index contributed by atoms with van der Waals surface area (Å²) in [6.45, 7) is 1.50. The number of rotatable bonds is 8. The Morgan fingerprint density at radius 1 is 1.16 bits per heavy atom. The van der Waals surface area contributed by atoms with Crippen molar-refractivity contribution in [2.24, 2.45) is 0 Å². The third-order valence-corrected chi connectivity index (χ3v) is 5.36. The fourth-order valence-electron chi connectivity index (χ4n) is 2.38. The maximum atomic E-state index is 12.2. The molecule has 2 aromatic carbocycles. The Morgan fingerprint density at radius 3 is 2.40 bits per heavy atom. The lowest BCUT2D eigenvalue weighted by Crippen LogP contribution is -2.42. The Labute approximate surface area is 153 Å². The number of methoxy groups -OCH3 is 1. The first-order chi connectivity index (χ1) is 11.7. The third-order valence-electron chi connectivity index (χ3n) is 3.72. The van der Waals surface area contributed by atoms with Crippen LogP contribution in [0.25, 0.3) is 0 Å². The van der Waals surface area contributed by atoms with E-state index in [0.717, 1.165) is 11.3 Å². The molecule has 25 heavy (non-hydrogen) atoms. The van der Waals surface area contributed by atoms with Gasteiger partial charge in [0.25, 0.3) is 0 Å². The second kappa shape index (κ2) is 8.19. The summed E-state index contributed by atoms with van der Waals surface area (Å²) in [5, 5.41) is 10.9. The van der Waals surface area contributed by atoms with Crippen molar-refractivity contribution in [1.29, 1.82) is 0 Å². The first kappa shape index (κ1) is 19.7. The van der Waals surface area contributed by atoms with E-state index in [2.05, 4.69) is 4.72 Å². The van der Waals surface area contributed by atoms with Gasteiger partial charge < -0.3 is 9.84 Å². The fourth-order valence-corrected chi connectivity index (χ4v) is 3.96. The van der Waals surface area contributed by atoms with E-state index >= 15 is 0 Å². The summed E-state index contributed by atoms with van der Waals surface area (Å²) in [6, 6.07) is 14.1. The summed E-state index contributed by atoms with van der Waals surface area (Å²) < 4.78 is 32.0. The molecule has 0 radical (unpaired) electrons. The van der Waals surface area contributed by atoms with Crippen LogP contribution >= 0.6 is 11.6 Å². The maximum Gasteiger partial charge on any atom is 0.215 e. The Balaban J connectivity index is 1.96. The second-order valence-corrected chi connectivity index (χ2v) is 8.41. The fraction of sp³-hybridized carbons (Fsp3) is 0.333. The molecule has 0 saturated heterocycles. The molecule has 0 bridgehead atoms. The summed E-state index contributed by atoms with van der Waals surface area (Å²) in [7, 11) is -2.03. The molecule has 1 atom stereocenters. The van der Waals surface area contributed by atoms with Crippen LogP contribution < -0.4 is 9.46 Å². The normalized spacial score (nSPS) is 14.1. The Morgan fingerprint density at radius 2 is 1.80 bits per heavy atom. The SMILES string of the molecule is COc1ccc(CC(C)(O)CNS(=O)(=O)Cc2ccccc2Cl)cc1. The number of sulfonamides is 1. The molecule has 1 unspecified atom stereocenters. The molecular formula is C18H22ClNO4S. The maximum absolute atomic E-state index is 12.2. The van der Waals surface area contributed by atoms with Crippen LogP contribution in [0, 0.1) is 0 Å². The van der Waals surface area contributed by atoms with E-state index in [-0.39, 0.29) is 12.3 Å². The predicted molar refractivity (Wildman–Crippen MR) is 99.4 cm³/mol. The van der Waals surface area contributed by atoms with Gasteiger partial charge in [0, 0.05) is 18.0 Å². The molecular weight excluding hydrogens is 362 g/mol. The zero-order valence-electron chi connectivity index (χ0n) is 14.2. The lowest BCUT2D eigenvalue weighted by atomic mass is 9.97. The highest BCUT2D eigenvalue weighted by atomic mass is 35.5. The molecule has 0 aliphatic heterocycles. The summed E-state index contributed by atoms with van der Waals surface area (Å²) in [5.41, 5.74) is 0.185. The van der Waals surface area contributed by atoms with Gasteiger partial charge in [-0.2, -0.15) is 0 Å². The summed E-state index contributed by atoms with van der Waals surface area (Å²) in [5.74, 6) is 0.495. The molecule has 5 nitrogen and oxygen atoms in total. The predicted octanol–water partition coefficient (Wildman–Crippen LogP) is 2.76. The zero-order valence-corrected chi connectivity index (χ0v) is 15.8. The molecule has 0 aliphatic rings. The smallest absolute Gasteiger partial charge is 0.215 e. The quantitative estimate of drug-likeness (QED) is 0.735. The van der Waals surface area contributed by atoms with Gasteiger partial charge in [-0.1, -0.05) is 41.9 Å². The Bertz CT molecular complexity index is 804. The van der Waals surface area contributed by atoms with Gasteiger partial charge in [-0.3, -0.25) is 0 Å². The number of benzene rings is 2. The van der Waals surface area contributed by atoms with Gasteiger partial charge in [-0.15, -0.1) is 0 Å². The number of hydrogen-bond donors (Lipinski definition) is 2. The van der Waals surface area contributed by atoms with Gasteiger partial charge in [0.2, 0.25) is 10.0 Å². The topological polar surface area (TPSA) is 75.6 Å². The molecule has 0 heterocycles. The number of ether oxygens (including phenoxy) is 1. The van der Waals surface area contributed by atoms with E-state index in [9.17, 15) is 13.5 Å². The van der Waals surface area contributed by atoms with Crippen molar-refractivity contribution < 1.29 is 18.3 Å². The number of hydrogen-bond acceptors (Lipinski definition) is 4. The standard InChI is InChI=1S/C18H22ClNO4S/c1-18(21,11-14-7-9-16(24-2)10-8-14)13-20-25(22,23)12-15-5-3-4-6-17(15)19/h3-10,20-21H,11-13H2,1-2H3. The van der Waals surface area contributed by atoms with E-state index in [1.54, 1.807) is 50.4 Å². The van der Waals surface area contributed by atoms with Gasteiger partial charge in [0.05, 0.1) is 18.5 Å². The summed E-state index contributed by atoms with van der Waals surface area (Å²) in [4.78, 5) is 0. The van der Waals surface area contributed by atoms with Gasteiger partial charge in [-0.25, -0.2) is 13.1 Å². The summed E-state index contributed by atoms with van der Waals surface area (Å²) >= 11 is 6.00. The third kappa shape index (κ3) is 6.32. The van der Waals surface area contributed by atoms with Gasteiger partial charge in [0.1, 0.15) is 5.75 Å². The Hall–Kier alpha value is -1.60. The molecule has 0 aromatic heterocycles. The number of halogens is 1. The van der Waals surface area contributed by atoms with Crippen LogP contribution in [-0.2, 0) is 22.2 Å². The molecule has 0 aliphatic carbocycles. The highest BCUT2D eigenvalue weighted by Gasteiger charge is 2.24. The van der Waals surface area contributed by atoms with Crippen LogP contribution in [-0.4, -0.2) is 32.8 Å². The minimum Gasteiger partial charge on any atom is -0.497 e. The first-order valence-corrected chi connectivity index (χ1v) is 9.80. The molecule has 0 saturated carbocycles. The van der Waals surface area contributed by atoms with Crippen molar-refractivity contribution in [2.75, 3.05) is 13.7 Å². The molecule has 7 heteroatoms. The van der Waals surface area contributed by atoms with E-state index in [1.807, 2.05) is 12.1 Å². The number of nitrogens with one attached hydrogen (secondary N) is 1. The lowest BCUT2D eigenvalue weighted by Gasteiger charge is -2.24. The highest BCUT2D eigenvalue weighted by molar-refractivity contribution is 7.88. The average molecular weight is 384 g/mol. The molecule has 0 spiro atoms. The molecule has 0 fully saturated rings. The van der Waals surface area contributed by atoms with E-state index in [4.69, 9.17) is 16.3 Å². The Kier molecular flexibility index (Phi) is 6.46. The van der Waals surface area contributed by atoms with Crippen molar-refractivity contribution in [3.8, 4) is 5.75 Å². The first-order valence-electron chi connectivity index (χ1n) is 7.77. The minimum atomic E-state index is -3.61. The average Bonchev–Trinajstić information content (AvgIpc) is 2.56. The summed E-state index contributed by atoms with van der Waals surface area (Å²) in [6.07, 6.45) is 0.311. The number of aliphatic hydroxyl groups is 1. The zero-order chi connectivity index (χ0) is 18.5. The van der Waals surface area contributed by atoms with Crippen molar-refractivity contribution in [3.63, 3.8) is 0 Å². The highest BCUT2D eigenvalue weighted by Crippen LogP contribution is 2.19. The van der Waals surface area contributed by atoms with Crippen LogP contribution in [0.3, 0.4) is 0 Å². The van der Waals surface area contributed by atoms with E-state index in [1.165, 1.54) is 0 Å². The van der Waals surface area contributed by atoms with Crippen molar-refractivity contribution in [1.82, 2.24) is 4.72 Å². The van der Waals surface area contributed by atoms with Crippen LogP contribution in [0.15, 0.2) is 48.5 Å². The van der Waals surface area contributed by atoms with Crippen molar-refractivity contribution in [2.45, 2.75) is 24.7 Å². The van der Waals surface area contributed by atoms with Crippen molar-refractivity contribution >= 4 is 21.6 Å². The second-order valence-electron chi connectivity index (χ2n) is 6.19. The van der Waals surface area contributed by atoms with Crippen LogP contribution in [0.4, 0.5) is 0 Å². The largest absolute Gasteiger partial charge is 0.497 e. The molecule has 2 rings (SSSR count). The molecule has 2 N–H and O–H groups in total. The van der Waals surface area contributed by atoms with Crippen LogP contribution in [0.5, 0.6) is 5.75 Å². The molecule has 136 valence electrons. The monoisotopic (exact) mass is 383 g/mol. The van der Waals surface area contributed by atoms with Gasteiger partial charge in [-0.05, 0) is 36.2 Å². The van der Waals surface area contributed by atoms with Gasteiger partial charge >= 0.3 is 0 Å². The minimum absolute atomic E-state index is 0.0915. The van der Waals surface area contributed by atoms with E-state index in [0.29, 0.717) is 17.0 Å². The van der Waals surface area contributed by atoms with Gasteiger partial charge in [0.15, 0.2) is 0 Å².